The molecule has 0 fully saturated rings. The molecule has 2 heterocycles. The molecule has 1 N–H and O–H groups in total. The number of rotatable bonds is 6. The molecule has 0 bridgehead atoms. The third-order valence-electron chi connectivity index (χ3n) is 4.57. The molecule has 3 aromatic rings. The van der Waals surface area contributed by atoms with Crippen molar-refractivity contribution in [2.24, 2.45) is 0 Å². The standard InChI is InChI=1S/C24H20ClFN2O4/c25-19-11-17(13-22-24(19)31-10-2-9-30-22)14-28-23(29)7-5-16-4-6-21(20(26)12-16)32-18-3-1-8-27-15-18/h1,3-8,11-13,15H,2,9-10,14H2,(H,28,29)/b7-5+. The van der Waals surface area contributed by atoms with Crippen LogP contribution in [0.4, 0.5) is 4.39 Å². The van der Waals surface area contributed by atoms with Crippen LogP contribution in [-0.2, 0) is 11.3 Å². The highest BCUT2D eigenvalue weighted by Crippen LogP contribution is 2.38. The van der Waals surface area contributed by atoms with E-state index < -0.39 is 5.82 Å². The molecule has 32 heavy (non-hydrogen) atoms. The minimum atomic E-state index is -0.543. The van der Waals surface area contributed by atoms with E-state index >= 15 is 0 Å². The van der Waals surface area contributed by atoms with Gasteiger partial charge in [-0.1, -0.05) is 17.7 Å². The maximum Gasteiger partial charge on any atom is 0.244 e. The van der Waals surface area contributed by atoms with E-state index in [0.29, 0.717) is 41.0 Å². The van der Waals surface area contributed by atoms with Crippen molar-refractivity contribution < 1.29 is 23.4 Å². The highest BCUT2D eigenvalue weighted by atomic mass is 35.5. The van der Waals surface area contributed by atoms with Crippen molar-refractivity contribution in [2.75, 3.05) is 13.2 Å². The molecule has 0 aliphatic carbocycles. The molecule has 0 saturated heterocycles. The van der Waals surface area contributed by atoms with E-state index in [2.05, 4.69) is 10.3 Å². The zero-order chi connectivity index (χ0) is 22.3. The van der Waals surface area contributed by atoms with Crippen LogP contribution >= 0.6 is 11.6 Å². The van der Waals surface area contributed by atoms with Crippen LogP contribution in [0.5, 0.6) is 23.0 Å². The Hall–Kier alpha value is -3.58. The van der Waals surface area contributed by atoms with Crippen LogP contribution in [0, 0.1) is 5.82 Å². The molecule has 0 radical (unpaired) electrons. The van der Waals surface area contributed by atoms with Gasteiger partial charge >= 0.3 is 0 Å². The van der Waals surface area contributed by atoms with Gasteiger partial charge in [0.2, 0.25) is 5.91 Å². The van der Waals surface area contributed by atoms with Crippen LogP contribution in [0.1, 0.15) is 17.5 Å². The van der Waals surface area contributed by atoms with E-state index in [1.165, 1.54) is 30.5 Å². The molecule has 0 atom stereocenters. The molecule has 2 aromatic carbocycles. The number of amides is 1. The Kier molecular flexibility index (Phi) is 6.87. The highest BCUT2D eigenvalue weighted by Gasteiger charge is 2.15. The Morgan fingerprint density at radius 3 is 2.91 bits per heavy atom. The van der Waals surface area contributed by atoms with Crippen LogP contribution < -0.4 is 19.5 Å². The van der Waals surface area contributed by atoms with Gasteiger partial charge in [0.1, 0.15) is 5.75 Å². The zero-order valence-corrected chi connectivity index (χ0v) is 17.8. The quantitative estimate of drug-likeness (QED) is 0.521. The molecular weight excluding hydrogens is 435 g/mol. The van der Waals surface area contributed by atoms with Gasteiger partial charge in [-0.15, -0.1) is 0 Å². The third-order valence-corrected chi connectivity index (χ3v) is 4.85. The van der Waals surface area contributed by atoms with Crippen LogP contribution in [0.2, 0.25) is 5.02 Å². The topological polar surface area (TPSA) is 69.7 Å². The first kappa shape index (κ1) is 21.6. The summed E-state index contributed by atoms with van der Waals surface area (Å²) in [5, 5.41) is 3.21. The summed E-state index contributed by atoms with van der Waals surface area (Å²) < 4.78 is 31.0. The lowest BCUT2D eigenvalue weighted by Gasteiger charge is -2.11. The lowest BCUT2D eigenvalue weighted by atomic mass is 10.2. The fraction of sp³-hybridized carbons (Fsp3) is 0.167. The zero-order valence-electron chi connectivity index (χ0n) is 17.0. The maximum atomic E-state index is 14.3. The summed E-state index contributed by atoms with van der Waals surface area (Å²) >= 11 is 6.27. The number of pyridine rings is 1. The van der Waals surface area contributed by atoms with Crippen LogP contribution in [-0.4, -0.2) is 24.1 Å². The molecule has 0 saturated carbocycles. The molecule has 4 rings (SSSR count). The summed E-state index contributed by atoms with van der Waals surface area (Å²) in [5.74, 6) is 0.730. The maximum absolute atomic E-state index is 14.3. The second-order valence-corrected chi connectivity index (χ2v) is 7.39. The van der Waals surface area contributed by atoms with Gasteiger partial charge in [0.05, 0.1) is 24.4 Å². The molecule has 1 aromatic heterocycles. The molecule has 1 aliphatic heterocycles. The smallest absolute Gasteiger partial charge is 0.244 e. The Balaban J connectivity index is 1.35. The van der Waals surface area contributed by atoms with Crippen molar-refractivity contribution >= 4 is 23.6 Å². The number of fused-ring (bicyclic) bond motifs is 1. The highest BCUT2D eigenvalue weighted by molar-refractivity contribution is 6.32. The first-order valence-corrected chi connectivity index (χ1v) is 10.4. The Morgan fingerprint density at radius 1 is 1.22 bits per heavy atom. The number of benzene rings is 2. The minimum absolute atomic E-state index is 0.0749. The number of ether oxygens (including phenoxy) is 3. The van der Waals surface area contributed by atoms with Crippen molar-refractivity contribution in [3.8, 4) is 23.0 Å². The third kappa shape index (κ3) is 5.56. The Labute approximate surface area is 189 Å². The number of hydrogen-bond donors (Lipinski definition) is 1. The van der Waals surface area contributed by atoms with Crippen LogP contribution in [0.25, 0.3) is 6.08 Å². The van der Waals surface area contributed by atoms with Crippen molar-refractivity contribution in [2.45, 2.75) is 13.0 Å². The first-order chi connectivity index (χ1) is 15.6. The van der Waals surface area contributed by atoms with Gasteiger partial charge in [-0.3, -0.25) is 9.78 Å². The van der Waals surface area contributed by atoms with Crippen LogP contribution in [0.3, 0.4) is 0 Å². The second kappa shape index (κ2) is 10.2. The van der Waals surface area contributed by atoms with Crippen molar-refractivity contribution in [3.63, 3.8) is 0 Å². The van der Waals surface area contributed by atoms with E-state index in [1.54, 1.807) is 36.5 Å². The van der Waals surface area contributed by atoms with Gasteiger partial charge in [-0.2, -0.15) is 0 Å². The summed E-state index contributed by atoms with van der Waals surface area (Å²) in [6.07, 6.45) is 6.73. The fourth-order valence-corrected chi connectivity index (χ4v) is 3.33. The van der Waals surface area contributed by atoms with Gasteiger partial charge < -0.3 is 19.5 Å². The van der Waals surface area contributed by atoms with Crippen molar-refractivity contribution in [1.82, 2.24) is 10.3 Å². The molecule has 1 aliphatic rings. The predicted molar refractivity (Wildman–Crippen MR) is 119 cm³/mol. The van der Waals surface area contributed by atoms with Crippen LogP contribution in [0.15, 0.2) is 60.9 Å². The van der Waals surface area contributed by atoms with E-state index in [-0.39, 0.29) is 18.2 Å². The van der Waals surface area contributed by atoms with Gasteiger partial charge in [0, 0.05) is 25.2 Å². The largest absolute Gasteiger partial charge is 0.489 e. The van der Waals surface area contributed by atoms with Crippen molar-refractivity contribution in [1.29, 1.82) is 0 Å². The average Bonchev–Trinajstić information content (AvgIpc) is 3.05. The van der Waals surface area contributed by atoms with Gasteiger partial charge in [0.15, 0.2) is 23.1 Å². The predicted octanol–water partition coefficient (Wildman–Crippen LogP) is 5.16. The SMILES string of the molecule is O=C(/C=C/c1ccc(Oc2cccnc2)c(F)c1)NCc1cc(Cl)c2c(c1)OCCCO2. The number of hydrogen-bond acceptors (Lipinski definition) is 5. The van der Waals surface area contributed by atoms with Gasteiger partial charge in [-0.25, -0.2) is 4.39 Å². The normalized spacial score (nSPS) is 12.9. The van der Waals surface area contributed by atoms with Crippen molar-refractivity contribution in [3.05, 3.63) is 82.9 Å². The molecular formula is C24H20ClFN2O4. The number of carbonyl (C=O) groups is 1. The lowest BCUT2D eigenvalue weighted by molar-refractivity contribution is -0.116. The molecule has 164 valence electrons. The van der Waals surface area contributed by atoms with Gasteiger partial charge in [-0.05, 0) is 53.6 Å². The van der Waals surface area contributed by atoms with E-state index in [9.17, 15) is 9.18 Å². The minimum Gasteiger partial charge on any atom is -0.489 e. The molecule has 0 spiro atoms. The summed E-state index contributed by atoms with van der Waals surface area (Å²) in [4.78, 5) is 16.1. The molecule has 6 nitrogen and oxygen atoms in total. The number of carbonyl (C=O) groups excluding carboxylic acids is 1. The fourth-order valence-electron chi connectivity index (χ4n) is 3.04. The van der Waals surface area contributed by atoms with E-state index in [1.807, 2.05) is 0 Å². The lowest BCUT2D eigenvalue weighted by Crippen LogP contribution is -2.20. The average molecular weight is 455 g/mol. The summed E-state index contributed by atoms with van der Waals surface area (Å²) in [6.45, 7) is 1.35. The Morgan fingerprint density at radius 2 is 2.09 bits per heavy atom. The van der Waals surface area contributed by atoms with E-state index in [4.69, 9.17) is 25.8 Å². The summed E-state index contributed by atoms with van der Waals surface area (Å²) in [5.41, 5.74) is 1.30. The first-order valence-electron chi connectivity index (χ1n) is 10.00. The molecule has 0 unspecified atom stereocenters. The van der Waals surface area contributed by atoms with E-state index in [0.717, 1.165) is 12.0 Å². The number of halogens is 2. The summed E-state index contributed by atoms with van der Waals surface area (Å²) in [6, 6.07) is 11.4. The monoisotopic (exact) mass is 454 g/mol. The summed E-state index contributed by atoms with van der Waals surface area (Å²) in [7, 11) is 0. The number of nitrogens with zero attached hydrogens (tertiary/aromatic N) is 1. The second-order valence-electron chi connectivity index (χ2n) is 6.99. The number of nitrogens with one attached hydrogen (secondary N) is 1. The van der Waals surface area contributed by atoms with Gasteiger partial charge in [0.25, 0.3) is 0 Å². The molecule has 8 heteroatoms. The molecule has 1 amide bonds. The Bertz CT molecular complexity index is 1140. The number of aromatic nitrogens is 1.